The molecule has 1 spiro atoms. The van der Waals surface area contributed by atoms with Crippen molar-refractivity contribution in [1.82, 2.24) is 10.2 Å². The van der Waals surface area contributed by atoms with Crippen LogP contribution in [0.25, 0.3) is 0 Å². The molecule has 2 aliphatic carbocycles. The molecule has 1 unspecified atom stereocenters. The van der Waals surface area contributed by atoms with Gasteiger partial charge < -0.3 is 5.32 Å². The third-order valence-electron chi connectivity index (χ3n) is 5.99. The molecule has 0 aromatic rings. The summed E-state index contributed by atoms with van der Waals surface area (Å²) < 4.78 is 0. The minimum atomic E-state index is 0.487. The van der Waals surface area contributed by atoms with E-state index in [1.54, 1.807) is 0 Å². The lowest BCUT2D eigenvalue weighted by Crippen LogP contribution is -2.66. The molecule has 1 saturated heterocycles. The van der Waals surface area contributed by atoms with Crippen LogP contribution >= 0.6 is 0 Å². The predicted octanol–water partition coefficient (Wildman–Crippen LogP) is 3.71. The molecule has 0 aromatic heterocycles. The quantitative estimate of drug-likeness (QED) is 0.818. The van der Waals surface area contributed by atoms with Crippen molar-refractivity contribution >= 4 is 0 Å². The number of hydrogen-bond acceptors (Lipinski definition) is 2. The summed E-state index contributed by atoms with van der Waals surface area (Å²) in [5.41, 5.74) is 0.487. The van der Waals surface area contributed by atoms with Gasteiger partial charge in [0.25, 0.3) is 0 Å². The van der Waals surface area contributed by atoms with Crippen LogP contribution in [0.15, 0.2) is 0 Å². The molecule has 110 valence electrons. The number of rotatable bonds is 2. The lowest BCUT2D eigenvalue weighted by Gasteiger charge is -2.52. The van der Waals surface area contributed by atoms with Gasteiger partial charge in [-0.2, -0.15) is 0 Å². The molecule has 1 atom stereocenters. The summed E-state index contributed by atoms with van der Waals surface area (Å²) in [6, 6.07) is 1.70. The Morgan fingerprint density at radius 3 is 2.37 bits per heavy atom. The normalized spacial score (nSPS) is 33.6. The molecule has 3 rings (SSSR count). The molecule has 1 N–H and O–H groups in total. The zero-order valence-corrected chi connectivity index (χ0v) is 12.8. The average molecular weight is 264 g/mol. The molecule has 19 heavy (non-hydrogen) atoms. The van der Waals surface area contributed by atoms with E-state index in [1.807, 2.05) is 0 Å². The number of piperazine rings is 1. The lowest BCUT2D eigenvalue weighted by molar-refractivity contribution is 0.0108. The number of nitrogens with one attached hydrogen (secondary N) is 1. The standard InChI is InChI=1S/C17H32N2/c1-2-15-13-18-17(11-7-4-8-12-17)14-19(15)16-9-5-3-6-10-16/h15-16,18H,2-14H2,1H3. The van der Waals surface area contributed by atoms with E-state index in [1.165, 1.54) is 83.7 Å². The van der Waals surface area contributed by atoms with Crippen LogP contribution in [0.2, 0.25) is 0 Å². The molecule has 1 aliphatic heterocycles. The fourth-order valence-electron chi connectivity index (χ4n) is 4.77. The molecule has 2 heteroatoms. The Kier molecular flexibility index (Phi) is 4.48. The van der Waals surface area contributed by atoms with Crippen LogP contribution in [0.4, 0.5) is 0 Å². The zero-order valence-electron chi connectivity index (χ0n) is 12.8. The smallest absolute Gasteiger partial charge is 0.0309 e. The van der Waals surface area contributed by atoms with Gasteiger partial charge in [-0.15, -0.1) is 0 Å². The predicted molar refractivity (Wildman–Crippen MR) is 81.5 cm³/mol. The van der Waals surface area contributed by atoms with Gasteiger partial charge in [-0.05, 0) is 32.1 Å². The van der Waals surface area contributed by atoms with Crippen LogP contribution in [0, 0.1) is 0 Å². The molecule has 0 bridgehead atoms. The molecule has 2 saturated carbocycles. The van der Waals surface area contributed by atoms with Crippen molar-refractivity contribution in [2.45, 2.75) is 95.2 Å². The molecular formula is C17H32N2. The maximum Gasteiger partial charge on any atom is 0.0309 e. The van der Waals surface area contributed by atoms with Gasteiger partial charge in [0.2, 0.25) is 0 Å². The summed E-state index contributed by atoms with van der Waals surface area (Å²) in [6.45, 7) is 4.96. The highest BCUT2D eigenvalue weighted by atomic mass is 15.3. The summed E-state index contributed by atoms with van der Waals surface area (Å²) in [6.07, 6.45) is 15.9. The van der Waals surface area contributed by atoms with E-state index in [-0.39, 0.29) is 0 Å². The van der Waals surface area contributed by atoms with Gasteiger partial charge in [0, 0.05) is 30.7 Å². The monoisotopic (exact) mass is 264 g/mol. The Morgan fingerprint density at radius 2 is 1.68 bits per heavy atom. The lowest BCUT2D eigenvalue weighted by atomic mass is 9.78. The van der Waals surface area contributed by atoms with Crippen LogP contribution in [-0.2, 0) is 0 Å². The first kappa shape index (κ1) is 13.9. The van der Waals surface area contributed by atoms with E-state index >= 15 is 0 Å². The van der Waals surface area contributed by atoms with Gasteiger partial charge in [-0.1, -0.05) is 45.4 Å². The fraction of sp³-hybridized carbons (Fsp3) is 1.00. The van der Waals surface area contributed by atoms with E-state index < -0.39 is 0 Å². The second kappa shape index (κ2) is 6.13. The minimum absolute atomic E-state index is 0.487. The Morgan fingerprint density at radius 1 is 1.00 bits per heavy atom. The van der Waals surface area contributed by atoms with Crippen molar-refractivity contribution in [3.05, 3.63) is 0 Å². The highest BCUT2D eigenvalue weighted by Gasteiger charge is 2.41. The Labute approximate surface area is 119 Å². The van der Waals surface area contributed by atoms with Crippen LogP contribution in [-0.4, -0.2) is 35.6 Å². The third kappa shape index (κ3) is 3.00. The van der Waals surface area contributed by atoms with E-state index in [4.69, 9.17) is 0 Å². The van der Waals surface area contributed by atoms with E-state index in [9.17, 15) is 0 Å². The average Bonchev–Trinajstić information content (AvgIpc) is 2.49. The van der Waals surface area contributed by atoms with Crippen LogP contribution < -0.4 is 5.32 Å². The fourth-order valence-corrected chi connectivity index (χ4v) is 4.77. The second-order valence-corrected chi connectivity index (χ2v) is 7.25. The topological polar surface area (TPSA) is 15.3 Å². The molecule has 3 aliphatic rings. The summed E-state index contributed by atoms with van der Waals surface area (Å²) in [4.78, 5) is 2.93. The second-order valence-electron chi connectivity index (χ2n) is 7.25. The summed E-state index contributed by atoms with van der Waals surface area (Å²) in [7, 11) is 0. The van der Waals surface area contributed by atoms with Crippen molar-refractivity contribution in [2.24, 2.45) is 0 Å². The summed E-state index contributed by atoms with van der Waals surface area (Å²) in [5.74, 6) is 0. The van der Waals surface area contributed by atoms with Crippen molar-refractivity contribution in [1.29, 1.82) is 0 Å². The highest BCUT2D eigenvalue weighted by Crippen LogP contribution is 2.35. The number of hydrogen-bond donors (Lipinski definition) is 1. The van der Waals surface area contributed by atoms with E-state index in [0.717, 1.165) is 12.1 Å². The van der Waals surface area contributed by atoms with Crippen molar-refractivity contribution < 1.29 is 0 Å². The van der Waals surface area contributed by atoms with Gasteiger partial charge in [0.15, 0.2) is 0 Å². The molecule has 2 nitrogen and oxygen atoms in total. The number of nitrogens with zero attached hydrogens (tertiary/aromatic N) is 1. The highest BCUT2D eigenvalue weighted by molar-refractivity contribution is 5.01. The first-order valence-electron chi connectivity index (χ1n) is 8.84. The van der Waals surface area contributed by atoms with E-state index in [0.29, 0.717) is 5.54 Å². The van der Waals surface area contributed by atoms with Crippen LogP contribution in [0.5, 0.6) is 0 Å². The SMILES string of the molecule is CCC1CNC2(CCCCC2)CN1C1CCCCC1. The first-order valence-corrected chi connectivity index (χ1v) is 8.84. The zero-order chi connectivity index (χ0) is 13.1. The van der Waals surface area contributed by atoms with Gasteiger partial charge in [-0.3, -0.25) is 4.90 Å². The maximum atomic E-state index is 3.96. The van der Waals surface area contributed by atoms with Crippen molar-refractivity contribution in [3.8, 4) is 0 Å². The minimum Gasteiger partial charge on any atom is -0.308 e. The Hall–Kier alpha value is -0.0800. The third-order valence-corrected chi connectivity index (χ3v) is 5.99. The van der Waals surface area contributed by atoms with Gasteiger partial charge in [0.1, 0.15) is 0 Å². The van der Waals surface area contributed by atoms with Crippen LogP contribution in [0.1, 0.15) is 77.6 Å². The first-order chi connectivity index (χ1) is 9.33. The van der Waals surface area contributed by atoms with E-state index in [2.05, 4.69) is 17.1 Å². The Balaban J connectivity index is 1.69. The van der Waals surface area contributed by atoms with Crippen LogP contribution in [0.3, 0.4) is 0 Å². The molecule has 0 radical (unpaired) electrons. The summed E-state index contributed by atoms with van der Waals surface area (Å²) >= 11 is 0. The van der Waals surface area contributed by atoms with Gasteiger partial charge in [-0.25, -0.2) is 0 Å². The van der Waals surface area contributed by atoms with Crippen molar-refractivity contribution in [3.63, 3.8) is 0 Å². The molecule has 3 fully saturated rings. The maximum absolute atomic E-state index is 3.96. The molecule has 0 amide bonds. The Bertz CT molecular complexity index is 277. The summed E-state index contributed by atoms with van der Waals surface area (Å²) in [5, 5.41) is 3.96. The molecule has 0 aromatic carbocycles. The largest absolute Gasteiger partial charge is 0.308 e. The van der Waals surface area contributed by atoms with Gasteiger partial charge >= 0.3 is 0 Å². The van der Waals surface area contributed by atoms with Crippen molar-refractivity contribution in [2.75, 3.05) is 13.1 Å². The molecular weight excluding hydrogens is 232 g/mol. The molecule has 1 heterocycles. The van der Waals surface area contributed by atoms with Gasteiger partial charge in [0.05, 0.1) is 0 Å².